The van der Waals surface area contributed by atoms with E-state index >= 15 is 0 Å². The van der Waals surface area contributed by atoms with Gasteiger partial charge < -0.3 is 5.32 Å². The highest BCUT2D eigenvalue weighted by Crippen LogP contribution is 2.20. The first-order valence-electron chi connectivity index (χ1n) is 6.44. The van der Waals surface area contributed by atoms with E-state index in [1.807, 2.05) is 6.20 Å². The number of hydrogen-bond donors (Lipinski definition) is 1. The van der Waals surface area contributed by atoms with Crippen LogP contribution in [0.25, 0.3) is 0 Å². The van der Waals surface area contributed by atoms with Gasteiger partial charge in [-0.15, -0.1) is 0 Å². The average molecular weight is 234 g/mol. The van der Waals surface area contributed by atoms with Gasteiger partial charge in [-0.2, -0.15) is 0 Å². The minimum absolute atomic E-state index is 0.346. The Balaban J connectivity index is 1.88. The molecule has 1 saturated heterocycles. The zero-order valence-corrected chi connectivity index (χ0v) is 10.8. The van der Waals surface area contributed by atoms with E-state index in [-0.39, 0.29) is 0 Å². The molecular formula is C13H22N4. The first-order chi connectivity index (χ1) is 8.27. The van der Waals surface area contributed by atoms with Crippen molar-refractivity contribution in [1.29, 1.82) is 0 Å². The van der Waals surface area contributed by atoms with Gasteiger partial charge in [-0.05, 0) is 45.8 Å². The fraction of sp³-hybridized carbons (Fsp3) is 0.692. The van der Waals surface area contributed by atoms with Crippen molar-refractivity contribution in [3.8, 4) is 0 Å². The van der Waals surface area contributed by atoms with Crippen LogP contribution in [0.2, 0.25) is 0 Å². The summed E-state index contributed by atoms with van der Waals surface area (Å²) in [5.41, 5.74) is 1.06. The number of hydrogen-bond acceptors (Lipinski definition) is 4. The third kappa shape index (κ3) is 3.48. The molecule has 0 saturated carbocycles. The van der Waals surface area contributed by atoms with Crippen LogP contribution in [-0.4, -0.2) is 41.5 Å². The summed E-state index contributed by atoms with van der Waals surface area (Å²) in [6.45, 7) is 5.68. The number of rotatable bonds is 4. The van der Waals surface area contributed by atoms with Crippen LogP contribution >= 0.6 is 0 Å². The molecule has 1 aromatic heterocycles. The maximum atomic E-state index is 4.38. The topological polar surface area (TPSA) is 41.1 Å². The van der Waals surface area contributed by atoms with Crippen molar-refractivity contribution in [2.75, 3.05) is 26.7 Å². The van der Waals surface area contributed by atoms with E-state index in [2.05, 4.69) is 34.2 Å². The Kier molecular flexibility index (Phi) is 4.45. The summed E-state index contributed by atoms with van der Waals surface area (Å²) < 4.78 is 0. The van der Waals surface area contributed by atoms with E-state index in [1.165, 1.54) is 12.8 Å². The van der Waals surface area contributed by atoms with Crippen LogP contribution in [-0.2, 0) is 0 Å². The molecule has 4 nitrogen and oxygen atoms in total. The van der Waals surface area contributed by atoms with Gasteiger partial charge >= 0.3 is 0 Å². The third-order valence-electron chi connectivity index (χ3n) is 3.68. The van der Waals surface area contributed by atoms with Crippen molar-refractivity contribution in [3.05, 3.63) is 24.3 Å². The monoisotopic (exact) mass is 234 g/mol. The molecule has 1 N–H and O–H groups in total. The average Bonchev–Trinajstić information content (AvgIpc) is 2.40. The Morgan fingerprint density at radius 1 is 1.41 bits per heavy atom. The maximum absolute atomic E-state index is 4.38. The standard InChI is InChI=1S/C13H22N4/c1-11(13-9-15-7-8-16-13)17(2)10-12-3-5-14-6-4-12/h7-9,11-12,14H,3-6,10H2,1-2H3. The Bertz CT molecular complexity index is 321. The highest BCUT2D eigenvalue weighted by molar-refractivity contribution is 5.00. The SMILES string of the molecule is CC(c1cnccn1)N(C)CC1CCNCC1. The highest BCUT2D eigenvalue weighted by atomic mass is 15.1. The largest absolute Gasteiger partial charge is 0.317 e. The number of piperidine rings is 1. The smallest absolute Gasteiger partial charge is 0.0755 e. The molecule has 4 heteroatoms. The fourth-order valence-corrected chi connectivity index (χ4v) is 2.38. The van der Waals surface area contributed by atoms with Crippen LogP contribution in [0, 0.1) is 5.92 Å². The summed E-state index contributed by atoms with van der Waals surface area (Å²) in [7, 11) is 2.18. The van der Waals surface area contributed by atoms with E-state index in [1.54, 1.807) is 12.4 Å². The van der Waals surface area contributed by atoms with Crippen LogP contribution < -0.4 is 5.32 Å². The van der Waals surface area contributed by atoms with E-state index in [9.17, 15) is 0 Å². The summed E-state index contributed by atoms with van der Waals surface area (Å²) in [6, 6.07) is 0.346. The van der Waals surface area contributed by atoms with Crippen molar-refractivity contribution < 1.29 is 0 Å². The molecule has 2 heterocycles. The summed E-state index contributed by atoms with van der Waals surface area (Å²) in [5.74, 6) is 0.820. The van der Waals surface area contributed by atoms with E-state index < -0.39 is 0 Å². The van der Waals surface area contributed by atoms with Gasteiger partial charge in [-0.3, -0.25) is 14.9 Å². The molecule has 0 aromatic carbocycles. The van der Waals surface area contributed by atoms with Crippen LogP contribution in [0.15, 0.2) is 18.6 Å². The van der Waals surface area contributed by atoms with E-state index in [0.29, 0.717) is 6.04 Å². The lowest BCUT2D eigenvalue weighted by Crippen LogP contribution is -2.35. The first-order valence-corrected chi connectivity index (χ1v) is 6.44. The summed E-state index contributed by atoms with van der Waals surface area (Å²) in [4.78, 5) is 10.9. The molecule has 1 aliphatic rings. The van der Waals surface area contributed by atoms with Crippen molar-refractivity contribution in [2.24, 2.45) is 5.92 Å². The van der Waals surface area contributed by atoms with Gasteiger partial charge in [0, 0.05) is 25.1 Å². The second-order valence-electron chi connectivity index (χ2n) is 4.94. The minimum atomic E-state index is 0.346. The molecular weight excluding hydrogens is 212 g/mol. The molecule has 0 aliphatic carbocycles. The van der Waals surface area contributed by atoms with Gasteiger partial charge in [0.2, 0.25) is 0 Å². The fourth-order valence-electron chi connectivity index (χ4n) is 2.38. The predicted octanol–water partition coefficient (Wildman–Crippen LogP) is 1.47. The molecule has 2 rings (SSSR count). The molecule has 0 spiro atoms. The third-order valence-corrected chi connectivity index (χ3v) is 3.68. The molecule has 1 aliphatic heterocycles. The molecule has 1 unspecified atom stereocenters. The minimum Gasteiger partial charge on any atom is -0.317 e. The van der Waals surface area contributed by atoms with Crippen LogP contribution in [0.5, 0.6) is 0 Å². The Morgan fingerprint density at radius 2 is 2.18 bits per heavy atom. The second kappa shape index (κ2) is 6.07. The Hall–Kier alpha value is -1.00. The predicted molar refractivity (Wildman–Crippen MR) is 68.7 cm³/mol. The van der Waals surface area contributed by atoms with Gasteiger partial charge in [0.05, 0.1) is 11.7 Å². The number of nitrogens with zero attached hydrogens (tertiary/aromatic N) is 3. The second-order valence-corrected chi connectivity index (χ2v) is 4.94. The van der Waals surface area contributed by atoms with Gasteiger partial charge in [-0.1, -0.05) is 0 Å². The van der Waals surface area contributed by atoms with Gasteiger partial charge in [-0.25, -0.2) is 0 Å². The van der Waals surface area contributed by atoms with Crippen molar-refractivity contribution >= 4 is 0 Å². The highest BCUT2D eigenvalue weighted by Gasteiger charge is 2.19. The van der Waals surface area contributed by atoms with Crippen LogP contribution in [0.4, 0.5) is 0 Å². The lowest BCUT2D eigenvalue weighted by molar-refractivity contribution is 0.194. The first kappa shape index (κ1) is 12.5. The molecule has 1 atom stereocenters. The summed E-state index contributed by atoms with van der Waals surface area (Å²) in [5, 5.41) is 3.41. The molecule has 0 amide bonds. The Morgan fingerprint density at radius 3 is 2.82 bits per heavy atom. The molecule has 1 aromatic rings. The van der Waals surface area contributed by atoms with Gasteiger partial charge in [0.25, 0.3) is 0 Å². The number of aromatic nitrogens is 2. The molecule has 17 heavy (non-hydrogen) atoms. The number of nitrogens with one attached hydrogen (secondary N) is 1. The molecule has 1 fully saturated rings. The van der Waals surface area contributed by atoms with Crippen LogP contribution in [0.1, 0.15) is 31.5 Å². The summed E-state index contributed by atoms with van der Waals surface area (Å²) in [6.07, 6.45) is 7.94. The van der Waals surface area contributed by atoms with E-state index in [4.69, 9.17) is 0 Å². The quantitative estimate of drug-likeness (QED) is 0.856. The van der Waals surface area contributed by atoms with Crippen molar-refractivity contribution in [3.63, 3.8) is 0 Å². The van der Waals surface area contributed by atoms with Crippen LogP contribution in [0.3, 0.4) is 0 Å². The van der Waals surface area contributed by atoms with Crippen molar-refractivity contribution in [2.45, 2.75) is 25.8 Å². The normalized spacial score (nSPS) is 19.5. The lowest BCUT2D eigenvalue weighted by Gasteiger charge is -2.30. The zero-order valence-electron chi connectivity index (χ0n) is 10.8. The van der Waals surface area contributed by atoms with Crippen molar-refractivity contribution in [1.82, 2.24) is 20.2 Å². The lowest BCUT2D eigenvalue weighted by atomic mass is 9.97. The zero-order chi connectivity index (χ0) is 12.1. The summed E-state index contributed by atoms with van der Waals surface area (Å²) >= 11 is 0. The Labute approximate surface area is 103 Å². The van der Waals surface area contributed by atoms with Gasteiger partial charge in [0.1, 0.15) is 0 Å². The molecule has 94 valence electrons. The van der Waals surface area contributed by atoms with E-state index in [0.717, 1.165) is 31.2 Å². The van der Waals surface area contributed by atoms with Gasteiger partial charge in [0.15, 0.2) is 0 Å². The maximum Gasteiger partial charge on any atom is 0.0755 e. The molecule has 0 radical (unpaired) electrons. The molecule has 0 bridgehead atoms.